The zero-order valence-electron chi connectivity index (χ0n) is 8.89. The molecule has 0 saturated carbocycles. The molecule has 0 fully saturated rings. The molecule has 8 heteroatoms. The molecule has 0 saturated heterocycles. The molecule has 0 atom stereocenters. The summed E-state index contributed by atoms with van der Waals surface area (Å²) in [6, 6.07) is 0.918. The number of nitrogens with zero attached hydrogens (tertiary/aromatic N) is 2. The maximum Gasteiger partial charge on any atom is 0.357 e. The van der Waals surface area contributed by atoms with E-state index < -0.39 is 16.0 Å². The summed E-state index contributed by atoms with van der Waals surface area (Å²) in [5.41, 5.74) is 4.29. The Morgan fingerprint density at radius 1 is 1.47 bits per heavy atom. The first kappa shape index (κ1) is 12.8. The van der Waals surface area contributed by atoms with E-state index in [9.17, 15) is 14.1 Å². The first-order valence-corrected chi connectivity index (χ1v) is 4.79. The lowest BCUT2D eigenvalue weighted by atomic mass is 10.3. The van der Waals surface area contributed by atoms with Crippen molar-refractivity contribution in [3.63, 3.8) is 0 Å². The van der Waals surface area contributed by atoms with Gasteiger partial charge in [0, 0.05) is 24.9 Å². The van der Waals surface area contributed by atoms with Gasteiger partial charge in [0.05, 0.1) is 12.0 Å². The molecule has 0 spiro atoms. The molecule has 2 heterocycles. The summed E-state index contributed by atoms with van der Waals surface area (Å²) in [6.07, 6.45) is 5.46. The van der Waals surface area contributed by atoms with Gasteiger partial charge in [-0.25, -0.2) is 9.78 Å². The maximum absolute atomic E-state index is 12.0. The monoisotopic (exact) mass is 241 g/mol. The zero-order chi connectivity index (χ0) is 12.7. The minimum atomic E-state index is -1.05. The summed E-state index contributed by atoms with van der Waals surface area (Å²) in [5, 5.41) is 0. The van der Waals surface area contributed by atoms with Crippen molar-refractivity contribution in [1.82, 2.24) is 19.7 Å². The number of aromatic nitrogens is 4. The Hall–Kier alpha value is -2.22. The molecule has 92 valence electrons. The van der Waals surface area contributed by atoms with E-state index in [0.717, 1.165) is 24.4 Å². The van der Waals surface area contributed by atoms with Crippen molar-refractivity contribution in [3.8, 4) is 0 Å². The minimum absolute atomic E-state index is 0.500. The number of nitrogens with one attached hydrogen (secondary N) is 2. The number of imidazole rings is 1. The van der Waals surface area contributed by atoms with Crippen LogP contribution in [-0.2, 0) is 6.42 Å². The quantitative estimate of drug-likeness (QED) is 0.638. The summed E-state index contributed by atoms with van der Waals surface area (Å²) < 4.78 is 12.0. The molecule has 0 radical (unpaired) electrons. The number of rotatable bonds is 2. The van der Waals surface area contributed by atoms with E-state index in [4.69, 9.17) is 5.73 Å². The van der Waals surface area contributed by atoms with E-state index >= 15 is 0 Å². The van der Waals surface area contributed by atoms with E-state index in [-0.39, 0.29) is 0 Å². The number of nitrogens with two attached hydrogens (primary N) is 1. The van der Waals surface area contributed by atoms with Gasteiger partial charge < -0.3 is 15.7 Å². The summed E-state index contributed by atoms with van der Waals surface area (Å²) in [6.45, 7) is 0.671. The van der Waals surface area contributed by atoms with E-state index in [1.54, 1.807) is 6.33 Å². The van der Waals surface area contributed by atoms with E-state index in [1.807, 2.05) is 11.2 Å². The molecule has 0 unspecified atom stereocenters. The van der Waals surface area contributed by atoms with Crippen molar-refractivity contribution in [3.05, 3.63) is 51.3 Å². The van der Waals surface area contributed by atoms with Crippen molar-refractivity contribution in [2.45, 2.75) is 6.42 Å². The molecule has 0 amide bonds. The van der Waals surface area contributed by atoms with E-state index in [0.29, 0.717) is 6.54 Å². The molecular formula is C9H12FN5O2. The molecular weight excluding hydrogens is 229 g/mol. The van der Waals surface area contributed by atoms with Crippen molar-refractivity contribution in [2.75, 3.05) is 6.54 Å². The largest absolute Gasteiger partial charge is 0.357 e. The van der Waals surface area contributed by atoms with Crippen LogP contribution in [0.1, 0.15) is 5.69 Å². The number of aromatic amines is 2. The molecule has 0 aliphatic heterocycles. The second kappa shape index (κ2) is 6.38. The van der Waals surface area contributed by atoms with Gasteiger partial charge in [-0.3, -0.25) is 4.79 Å². The van der Waals surface area contributed by atoms with Crippen molar-refractivity contribution < 1.29 is 4.48 Å². The summed E-state index contributed by atoms with van der Waals surface area (Å²) in [5.74, 6) is 0. The van der Waals surface area contributed by atoms with Gasteiger partial charge in [0.25, 0.3) is 5.56 Å². The van der Waals surface area contributed by atoms with Crippen LogP contribution >= 0.6 is 0 Å². The van der Waals surface area contributed by atoms with Gasteiger partial charge in [-0.1, -0.05) is 9.27 Å². The fourth-order valence-electron chi connectivity index (χ4n) is 0.982. The molecule has 0 bridgehead atoms. The van der Waals surface area contributed by atoms with Crippen LogP contribution in [0.4, 0.5) is 4.48 Å². The topological polar surface area (TPSA) is 110 Å². The molecule has 17 heavy (non-hydrogen) atoms. The molecule has 0 aliphatic rings. The van der Waals surface area contributed by atoms with Gasteiger partial charge in [-0.05, 0) is 6.54 Å². The Morgan fingerprint density at radius 3 is 2.71 bits per heavy atom. The summed E-state index contributed by atoms with van der Waals surface area (Å²) in [4.78, 5) is 28.7. The standard InChI is InChI=1S/C5H9N3.C4H3FN2O2/c6-2-1-5-3-7-4-8-5;5-7-3(8)1-2-6-4(7)9/h3-4H,1-2,6H2,(H,7,8);1-2H,(H,6,9). The predicted molar refractivity (Wildman–Crippen MR) is 59.2 cm³/mol. The molecule has 7 nitrogen and oxygen atoms in total. The Bertz CT molecular complexity index is 517. The Morgan fingerprint density at radius 2 is 2.24 bits per heavy atom. The van der Waals surface area contributed by atoms with Gasteiger partial charge in [-0.2, -0.15) is 0 Å². The van der Waals surface area contributed by atoms with E-state index in [2.05, 4.69) is 9.97 Å². The van der Waals surface area contributed by atoms with Gasteiger partial charge in [0.15, 0.2) is 0 Å². The molecule has 0 aliphatic carbocycles. The van der Waals surface area contributed by atoms with Crippen molar-refractivity contribution in [2.24, 2.45) is 5.73 Å². The fourth-order valence-corrected chi connectivity index (χ4v) is 0.982. The molecule has 2 aromatic rings. The Labute approximate surface area is 95.1 Å². The van der Waals surface area contributed by atoms with Gasteiger partial charge in [0.2, 0.25) is 0 Å². The number of halogens is 1. The highest BCUT2D eigenvalue weighted by atomic mass is 19.2. The SMILES string of the molecule is NCCc1c[nH]cn1.O=c1cc[nH]c(=O)n1F. The summed E-state index contributed by atoms with van der Waals surface area (Å²) >= 11 is 0. The summed E-state index contributed by atoms with van der Waals surface area (Å²) in [7, 11) is 0. The highest BCUT2D eigenvalue weighted by molar-refractivity contribution is 4.93. The molecule has 2 aromatic heterocycles. The lowest BCUT2D eigenvalue weighted by Crippen LogP contribution is -2.28. The van der Waals surface area contributed by atoms with Crippen LogP contribution < -0.4 is 17.0 Å². The van der Waals surface area contributed by atoms with Gasteiger partial charge in [0.1, 0.15) is 0 Å². The van der Waals surface area contributed by atoms with Crippen LogP contribution in [0, 0.1) is 0 Å². The van der Waals surface area contributed by atoms with Crippen molar-refractivity contribution in [1.29, 1.82) is 0 Å². The molecule has 2 rings (SSSR count). The normalized spacial score (nSPS) is 9.53. The van der Waals surface area contributed by atoms with Crippen LogP contribution in [0.25, 0.3) is 0 Å². The second-order valence-corrected chi connectivity index (χ2v) is 3.00. The highest BCUT2D eigenvalue weighted by Gasteiger charge is 1.93. The van der Waals surface area contributed by atoms with Gasteiger partial charge in [-0.15, -0.1) is 0 Å². The second-order valence-electron chi connectivity index (χ2n) is 3.00. The minimum Gasteiger partial charge on any atom is -0.351 e. The zero-order valence-corrected chi connectivity index (χ0v) is 8.89. The van der Waals surface area contributed by atoms with Crippen LogP contribution in [0.2, 0.25) is 0 Å². The third-order valence-corrected chi connectivity index (χ3v) is 1.76. The molecule has 4 N–H and O–H groups in total. The van der Waals surface area contributed by atoms with Crippen LogP contribution in [-0.4, -0.2) is 26.3 Å². The Kier molecular flexibility index (Phi) is 4.82. The first-order chi connectivity index (χ1) is 8.15. The smallest absolute Gasteiger partial charge is 0.351 e. The van der Waals surface area contributed by atoms with Crippen molar-refractivity contribution >= 4 is 0 Å². The number of H-pyrrole nitrogens is 2. The average molecular weight is 241 g/mol. The Balaban J connectivity index is 0.000000171. The lowest BCUT2D eigenvalue weighted by molar-refractivity contribution is 0.330. The highest BCUT2D eigenvalue weighted by Crippen LogP contribution is 1.88. The van der Waals surface area contributed by atoms with Crippen LogP contribution in [0.15, 0.2) is 34.4 Å². The van der Waals surface area contributed by atoms with E-state index in [1.165, 1.54) is 0 Å². The number of hydrogen-bond donors (Lipinski definition) is 3. The van der Waals surface area contributed by atoms with Crippen LogP contribution in [0.5, 0.6) is 0 Å². The lowest BCUT2D eigenvalue weighted by Gasteiger charge is -1.85. The first-order valence-electron chi connectivity index (χ1n) is 4.79. The average Bonchev–Trinajstić information content (AvgIpc) is 2.80. The number of hydrogen-bond acceptors (Lipinski definition) is 4. The maximum atomic E-state index is 12.0. The van der Waals surface area contributed by atoms with Gasteiger partial charge >= 0.3 is 5.69 Å². The predicted octanol–water partition coefficient (Wildman–Crippen LogP) is -0.820. The third kappa shape index (κ3) is 4.03. The molecule has 0 aromatic carbocycles. The van der Waals surface area contributed by atoms with Crippen LogP contribution in [0.3, 0.4) is 0 Å². The fraction of sp³-hybridized carbons (Fsp3) is 0.222. The third-order valence-electron chi connectivity index (χ3n) is 1.76.